The third kappa shape index (κ3) is 4.16. The lowest BCUT2D eigenvalue weighted by atomic mass is 10.2. The second kappa shape index (κ2) is 7.51. The zero-order chi connectivity index (χ0) is 16.9. The van der Waals surface area contributed by atoms with Crippen LogP contribution in [-0.2, 0) is 6.61 Å². The van der Waals surface area contributed by atoms with Gasteiger partial charge in [0.15, 0.2) is 0 Å². The Morgan fingerprint density at radius 1 is 1.17 bits per heavy atom. The minimum absolute atomic E-state index is 0.111. The van der Waals surface area contributed by atoms with E-state index in [-0.39, 0.29) is 5.91 Å². The standard InChI is InChI=1S/C19H16ClNO2S/c1-13-9-15(20)7-8-17(13)23-11-14-10-18(24-12-14)19(22)21-16-5-3-2-4-6-16/h2-10,12H,11H2,1H3,(H,21,22). The normalized spacial score (nSPS) is 10.4. The lowest BCUT2D eigenvalue weighted by Gasteiger charge is -2.08. The SMILES string of the molecule is Cc1cc(Cl)ccc1OCc1csc(C(=O)Nc2ccccc2)c1. The lowest BCUT2D eigenvalue weighted by molar-refractivity contribution is 0.103. The van der Waals surface area contributed by atoms with Crippen molar-refractivity contribution in [2.45, 2.75) is 13.5 Å². The molecule has 1 aromatic heterocycles. The number of para-hydroxylation sites is 1. The third-order valence-electron chi connectivity index (χ3n) is 3.44. The molecule has 0 atom stereocenters. The van der Waals surface area contributed by atoms with Crippen molar-refractivity contribution in [1.82, 2.24) is 0 Å². The van der Waals surface area contributed by atoms with Crippen LogP contribution in [0.3, 0.4) is 0 Å². The molecule has 3 nitrogen and oxygen atoms in total. The van der Waals surface area contributed by atoms with Crippen LogP contribution in [0.5, 0.6) is 5.75 Å². The molecule has 122 valence electrons. The lowest BCUT2D eigenvalue weighted by Crippen LogP contribution is -2.09. The number of hydrogen-bond acceptors (Lipinski definition) is 3. The van der Waals surface area contributed by atoms with Crippen LogP contribution in [0.15, 0.2) is 60.0 Å². The Labute approximate surface area is 149 Å². The number of amides is 1. The fourth-order valence-electron chi connectivity index (χ4n) is 2.22. The van der Waals surface area contributed by atoms with Crippen molar-refractivity contribution in [2.75, 3.05) is 5.32 Å². The summed E-state index contributed by atoms with van der Waals surface area (Å²) in [6, 6.07) is 16.8. The zero-order valence-corrected chi connectivity index (χ0v) is 14.7. The highest BCUT2D eigenvalue weighted by atomic mass is 35.5. The molecular formula is C19H16ClNO2S. The van der Waals surface area contributed by atoms with E-state index in [1.54, 1.807) is 6.07 Å². The largest absolute Gasteiger partial charge is 0.489 e. The summed E-state index contributed by atoms with van der Waals surface area (Å²) in [5.74, 6) is 0.681. The smallest absolute Gasteiger partial charge is 0.265 e. The molecule has 2 aromatic carbocycles. The molecule has 5 heteroatoms. The molecule has 0 spiro atoms. The first-order chi connectivity index (χ1) is 11.6. The van der Waals surface area contributed by atoms with Crippen molar-refractivity contribution < 1.29 is 9.53 Å². The molecule has 0 aliphatic heterocycles. The zero-order valence-electron chi connectivity index (χ0n) is 13.1. The molecule has 3 aromatic rings. The number of benzene rings is 2. The van der Waals surface area contributed by atoms with Gasteiger partial charge in [-0.05, 0) is 54.3 Å². The average molecular weight is 358 g/mol. The number of carbonyl (C=O) groups is 1. The molecule has 0 saturated heterocycles. The second-order valence-corrected chi connectivity index (χ2v) is 6.69. The van der Waals surface area contributed by atoms with Crippen LogP contribution >= 0.6 is 22.9 Å². The summed E-state index contributed by atoms with van der Waals surface area (Å²) in [5, 5.41) is 5.50. The van der Waals surface area contributed by atoms with Crippen LogP contribution in [0.2, 0.25) is 5.02 Å². The quantitative estimate of drug-likeness (QED) is 0.650. The molecule has 1 heterocycles. The molecule has 1 N–H and O–H groups in total. The van der Waals surface area contributed by atoms with Crippen molar-refractivity contribution in [2.24, 2.45) is 0 Å². The molecule has 0 aliphatic carbocycles. The van der Waals surface area contributed by atoms with E-state index in [1.807, 2.05) is 60.8 Å². The number of hydrogen-bond donors (Lipinski definition) is 1. The minimum atomic E-state index is -0.111. The summed E-state index contributed by atoms with van der Waals surface area (Å²) < 4.78 is 5.81. The monoisotopic (exact) mass is 357 g/mol. The maximum atomic E-state index is 12.2. The van der Waals surface area contributed by atoms with Crippen LogP contribution in [-0.4, -0.2) is 5.91 Å². The van der Waals surface area contributed by atoms with Gasteiger partial charge >= 0.3 is 0 Å². The Hall–Kier alpha value is -2.30. The first-order valence-electron chi connectivity index (χ1n) is 7.44. The van der Waals surface area contributed by atoms with Crippen molar-refractivity contribution in [3.8, 4) is 5.75 Å². The van der Waals surface area contributed by atoms with E-state index in [1.165, 1.54) is 11.3 Å². The van der Waals surface area contributed by atoms with Gasteiger partial charge in [-0.2, -0.15) is 0 Å². The van der Waals surface area contributed by atoms with Gasteiger partial charge in [-0.25, -0.2) is 0 Å². The number of nitrogens with one attached hydrogen (secondary N) is 1. The first-order valence-corrected chi connectivity index (χ1v) is 8.70. The molecule has 0 aliphatic rings. The highest BCUT2D eigenvalue weighted by Gasteiger charge is 2.10. The van der Waals surface area contributed by atoms with Crippen molar-refractivity contribution in [1.29, 1.82) is 0 Å². The molecule has 3 rings (SSSR count). The number of rotatable bonds is 5. The van der Waals surface area contributed by atoms with Gasteiger partial charge in [-0.15, -0.1) is 11.3 Å². The topological polar surface area (TPSA) is 38.3 Å². The molecule has 0 saturated carbocycles. The highest BCUT2D eigenvalue weighted by Crippen LogP contribution is 2.24. The third-order valence-corrected chi connectivity index (χ3v) is 4.65. The number of carbonyl (C=O) groups excluding carboxylic acids is 1. The molecular weight excluding hydrogens is 342 g/mol. The predicted octanol–water partition coefficient (Wildman–Crippen LogP) is 5.54. The Morgan fingerprint density at radius 2 is 1.96 bits per heavy atom. The first kappa shape index (κ1) is 16.6. The summed E-state index contributed by atoms with van der Waals surface area (Å²) in [7, 11) is 0. The molecule has 0 bridgehead atoms. The van der Waals surface area contributed by atoms with Gasteiger partial charge in [0.1, 0.15) is 12.4 Å². The summed E-state index contributed by atoms with van der Waals surface area (Å²) in [5.41, 5.74) is 2.73. The van der Waals surface area contributed by atoms with Gasteiger partial charge in [0.05, 0.1) is 4.88 Å². The Morgan fingerprint density at radius 3 is 2.71 bits per heavy atom. The summed E-state index contributed by atoms with van der Waals surface area (Å²) >= 11 is 7.35. The number of thiophene rings is 1. The summed E-state index contributed by atoms with van der Waals surface area (Å²) in [6.45, 7) is 2.37. The van der Waals surface area contributed by atoms with E-state index in [2.05, 4.69) is 5.32 Å². The molecule has 0 radical (unpaired) electrons. The Bertz CT molecular complexity index is 846. The number of aryl methyl sites for hydroxylation is 1. The fraction of sp³-hybridized carbons (Fsp3) is 0.105. The van der Waals surface area contributed by atoms with Crippen LogP contribution in [0, 0.1) is 6.92 Å². The number of halogens is 1. The second-order valence-electron chi connectivity index (χ2n) is 5.34. The molecule has 24 heavy (non-hydrogen) atoms. The van der Waals surface area contributed by atoms with Crippen LogP contribution in [0.25, 0.3) is 0 Å². The molecule has 0 unspecified atom stereocenters. The number of ether oxygens (including phenoxy) is 1. The van der Waals surface area contributed by atoms with Gasteiger partial charge in [-0.1, -0.05) is 29.8 Å². The van der Waals surface area contributed by atoms with Gasteiger partial charge in [-0.3, -0.25) is 4.79 Å². The predicted molar refractivity (Wildman–Crippen MR) is 99.2 cm³/mol. The average Bonchev–Trinajstić information content (AvgIpc) is 3.04. The minimum Gasteiger partial charge on any atom is -0.489 e. The van der Waals surface area contributed by atoms with Crippen molar-refractivity contribution >= 4 is 34.5 Å². The summed E-state index contributed by atoms with van der Waals surface area (Å²) in [4.78, 5) is 12.9. The Kier molecular flexibility index (Phi) is 5.18. The van der Waals surface area contributed by atoms with Gasteiger partial charge in [0.25, 0.3) is 5.91 Å². The van der Waals surface area contributed by atoms with Crippen molar-refractivity contribution in [3.05, 3.63) is 81.0 Å². The Balaban J connectivity index is 1.62. The number of anilines is 1. The van der Waals surface area contributed by atoms with Crippen molar-refractivity contribution in [3.63, 3.8) is 0 Å². The molecule has 1 amide bonds. The van der Waals surface area contributed by atoms with Crippen LogP contribution in [0.4, 0.5) is 5.69 Å². The van der Waals surface area contributed by atoms with E-state index >= 15 is 0 Å². The van der Waals surface area contributed by atoms with E-state index < -0.39 is 0 Å². The highest BCUT2D eigenvalue weighted by molar-refractivity contribution is 7.12. The van der Waals surface area contributed by atoms with E-state index in [0.29, 0.717) is 16.5 Å². The maximum absolute atomic E-state index is 12.2. The maximum Gasteiger partial charge on any atom is 0.265 e. The van der Waals surface area contributed by atoms with Gasteiger partial charge in [0.2, 0.25) is 0 Å². The molecule has 0 fully saturated rings. The van der Waals surface area contributed by atoms with E-state index in [0.717, 1.165) is 22.6 Å². The van der Waals surface area contributed by atoms with Gasteiger partial charge < -0.3 is 10.1 Å². The van der Waals surface area contributed by atoms with Crippen LogP contribution < -0.4 is 10.1 Å². The van der Waals surface area contributed by atoms with E-state index in [4.69, 9.17) is 16.3 Å². The van der Waals surface area contributed by atoms with E-state index in [9.17, 15) is 4.79 Å². The fourth-order valence-corrected chi connectivity index (χ4v) is 3.24. The van der Waals surface area contributed by atoms with Gasteiger partial charge in [0, 0.05) is 16.3 Å². The summed E-state index contributed by atoms with van der Waals surface area (Å²) in [6.07, 6.45) is 0. The van der Waals surface area contributed by atoms with Crippen LogP contribution in [0.1, 0.15) is 20.8 Å².